The van der Waals surface area contributed by atoms with Gasteiger partial charge >= 0.3 is 11.9 Å². The Morgan fingerprint density at radius 2 is 1.79 bits per heavy atom. The van der Waals surface area contributed by atoms with Gasteiger partial charge < -0.3 is 9.57 Å². The van der Waals surface area contributed by atoms with Crippen molar-refractivity contribution >= 4 is 21.8 Å². The maximum absolute atomic E-state index is 12.6. The molecule has 2 heterocycles. The molecule has 24 heavy (non-hydrogen) atoms. The number of sulfone groups is 1. The quantitative estimate of drug-likeness (QED) is 0.749. The third kappa shape index (κ3) is 3.82. The van der Waals surface area contributed by atoms with Gasteiger partial charge in [0.1, 0.15) is 0 Å². The Labute approximate surface area is 139 Å². The second kappa shape index (κ2) is 6.74. The van der Waals surface area contributed by atoms with Crippen LogP contribution in [0.3, 0.4) is 0 Å². The van der Waals surface area contributed by atoms with Gasteiger partial charge in [0.2, 0.25) is 0 Å². The van der Waals surface area contributed by atoms with E-state index >= 15 is 0 Å². The van der Waals surface area contributed by atoms with Crippen LogP contribution in [0.4, 0.5) is 0 Å². The minimum Gasteiger partial charge on any atom is -0.440 e. The SMILES string of the molecule is O=C1/C=C\C(=O)ON2CCC(S(=O)(=O)Cc3ccccc3)CC2O1. The maximum Gasteiger partial charge on any atom is 0.350 e. The highest BCUT2D eigenvalue weighted by Gasteiger charge is 2.39. The highest BCUT2D eigenvalue weighted by molar-refractivity contribution is 7.91. The van der Waals surface area contributed by atoms with Crippen molar-refractivity contribution in [2.24, 2.45) is 0 Å². The Hall–Kier alpha value is -2.19. The van der Waals surface area contributed by atoms with Crippen LogP contribution in [0.2, 0.25) is 0 Å². The van der Waals surface area contributed by atoms with Gasteiger partial charge in [-0.3, -0.25) is 0 Å². The number of piperidine rings is 1. The molecular weight excluding hydrogens is 334 g/mol. The first-order valence-corrected chi connectivity index (χ1v) is 9.28. The van der Waals surface area contributed by atoms with Crippen LogP contribution < -0.4 is 0 Å². The lowest BCUT2D eigenvalue weighted by Gasteiger charge is -2.36. The monoisotopic (exact) mass is 351 g/mol. The molecular formula is C16H17NO6S. The van der Waals surface area contributed by atoms with Crippen LogP contribution in [-0.2, 0) is 34.8 Å². The molecule has 1 aromatic rings. The fourth-order valence-corrected chi connectivity index (χ4v) is 4.61. The molecule has 0 aliphatic carbocycles. The Morgan fingerprint density at radius 3 is 2.54 bits per heavy atom. The van der Waals surface area contributed by atoms with E-state index in [1.165, 1.54) is 5.06 Å². The van der Waals surface area contributed by atoms with E-state index in [0.29, 0.717) is 12.0 Å². The summed E-state index contributed by atoms with van der Waals surface area (Å²) in [6.45, 7) is 0.191. The summed E-state index contributed by atoms with van der Waals surface area (Å²) in [5.41, 5.74) is 0.712. The summed E-state index contributed by atoms with van der Waals surface area (Å²) >= 11 is 0. The highest BCUT2D eigenvalue weighted by atomic mass is 32.2. The van der Waals surface area contributed by atoms with E-state index in [1.807, 2.05) is 6.07 Å². The van der Waals surface area contributed by atoms with Gasteiger partial charge in [0, 0.05) is 25.1 Å². The zero-order valence-corrected chi connectivity index (χ0v) is 13.6. The predicted molar refractivity (Wildman–Crippen MR) is 83.9 cm³/mol. The average Bonchev–Trinajstić information content (AvgIpc) is 2.53. The molecule has 0 aromatic heterocycles. The van der Waals surface area contributed by atoms with Gasteiger partial charge in [-0.05, 0) is 12.0 Å². The second-order valence-electron chi connectivity index (χ2n) is 5.72. The summed E-state index contributed by atoms with van der Waals surface area (Å²) in [6, 6.07) is 8.92. The Bertz CT molecular complexity index is 758. The van der Waals surface area contributed by atoms with Crippen LogP contribution >= 0.6 is 0 Å². The first-order valence-electron chi connectivity index (χ1n) is 7.57. The van der Waals surface area contributed by atoms with Gasteiger partial charge in [-0.1, -0.05) is 35.4 Å². The molecule has 8 heteroatoms. The Balaban J connectivity index is 1.74. The van der Waals surface area contributed by atoms with Crippen molar-refractivity contribution in [1.82, 2.24) is 5.06 Å². The minimum absolute atomic E-state index is 0.0706. The van der Waals surface area contributed by atoms with Gasteiger partial charge in [-0.25, -0.2) is 18.0 Å². The number of hydroxylamine groups is 2. The van der Waals surface area contributed by atoms with Gasteiger partial charge in [0.05, 0.1) is 11.0 Å². The van der Waals surface area contributed by atoms with Gasteiger partial charge in [0.25, 0.3) is 0 Å². The van der Waals surface area contributed by atoms with Crippen molar-refractivity contribution in [2.45, 2.75) is 30.1 Å². The topological polar surface area (TPSA) is 90.0 Å². The molecule has 0 amide bonds. The normalized spacial score (nSPS) is 26.5. The van der Waals surface area contributed by atoms with E-state index in [-0.39, 0.29) is 18.7 Å². The third-order valence-electron chi connectivity index (χ3n) is 3.99. The number of carbonyl (C=O) groups is 2. The van der Waals surface area contributed by atoms with Crippen molar-refractivity contribution in [3.8, 4) is 0 Å². The molecule has 0 radical (unpaired) electrons. The van der Waals surface area contributed by atoms with Gasteiger partial charge in [-0.2, -0.15) is 0 Å². The molecule has 0 saturated carbocycles. The smallest absolute Gasteiger partial charge is 0.350 e. The third-order valence-corrected chi connectivity index (χ3v) is 6.17. The van der Waals surface area contributed by atoms with Crippen molar-refractivity contribution < 1.29 is 27.6 Å². The van der Waals surface area contributed by atoms with Gasteiger partial charge in [-0.15, -0.1) is 0 Å². The molecule has 1 aromatic carbocycles. The van der Waals surface area contributed by atoms with Crippen molar-refractivity contribution in [3.05, 3.63) is 48.0 Å². The van der Waals surface area contributed by atoms with E-state index in [0.717, 1.165) is 12.2 Å². The first kappa shape index (κ1) is 16.7. The number of hydrogen-bond donors (Lipinski definition) is 0. The van der Waals surface area contributed by atoms with Crippen LogP contribution in [0, 0.1) is 0 Å². The lowest BCUT2D eigenvalue weighted by molar-refractivity contribution is -0.246. The fraction of sp³-hybridized carbons (Fsp3) is 0.375. The fourth-order valence-electron chi connectivity index (χ4n) is 2.79. The van der Waals surface area contributed by atoms with E-state index in [2.05, 4.69) is 0 Å². The maximum atomic E-state index is 12.6. The van der Waals surface area contributed by atoms with Crippen LogP contribution in [0.25, 0.3) is 0 Å². The molecule has 2 aliphatic rings. The average molecular weight is 351 g/mol. The molecule has 0 bridgehead atoms. The molecule has 0 spiro atoms. The Morgan fingerprint density at radius 1 is 1.08 bits per heavy atom. The van der Waals surface area contributed by atoms with Gasteiger partial charge in [0.15, 0.2) is 16.1 Å². The zero-order valence-electron chi connectivity index (χ0n) is 12.8. The van der Waals surface area contributed by atoms with E-state index in [1.54, 1.807) is 24.3 Å². The number of hydrogen-bond acceptors (Lipinski definition) is 7. The molecule has 7 nitrogen and oxygen atoms in total. The first-order chi connectivity index (χ1) is 11.4. The zero-order chi connectivity index (χ0) is 17.2. The molecule has 128 valence electrons. The Kier molecular flexibility index (Phi) is 4.68. The van der Waals surface area contributed by atoms with Crippen LogP contribution in [0.1, 0.15) is 18.4 Å². The van der Waals surface area contributed by atoms with Crippen LogP contribution in [-0.4, -0.2) is 43.4 Å². The second-order valence-corrected chi connectivity index (χ2v) is 8.00. The number of benzene rings is 1. The number of rotatable bonds is 3. The largest absolute Gasteiger partial charge is 0.440 e. The molecule has 1 fully saturated rings. The molecule has 0 N–H and O–H groups in total. The lowest BCUT2D eigenvalue weighted by atomic mass is 10.1. The number of nitrogens with zero attached hydrogens (tertiary/aromatic N) is 1. The summed E-state index contributed by atoms with van der Waals surface area (Å²) in [7, 11) is -3.42. The summed E-state index contributed by atoms with van der Waals surface area (Å²) in [6.07, 6.45) is 1.44. The van der Waals surface area contributed by atoms with Crippen molar-refractivity contribution in [1.29, 1.82) is 0 Å². The highest BCUT2D eigenvalue weighted by Crippen LogP contribution is 2.27. The molecule has 3 rings (SSSR count). The summed E-state index contributed by atoms with van der Waals surface area (Å²) in [5, 5.41) is 0.576. The molecule has 2 atom stereocenters. The summed E-state index contributed by atoms with van der Waals surface area (Å²) < 4.78 is 30.5. The van der Waals surface area contributed by atoms with E-state index in [9.17, 15) is 18.0 Å². The van der Waals surface area contributed by atoms with Crippen LogP contribution in [0.5, 0.6) is 0 Å². The molecule has 2 unspecified atom stereocenters. The number of carbonyl (C=O) groups excluding carboxylic acids is 2. The lowest BCUT2D eigenvalue weighted by Crippen LogP contribution is -2.49. The van der Waals surface area contributed by atoms with Crippen molar-refractivity contribution in [2.75, 3.05) is 6.54 Å². The molecule has 2 aliphatic heterocycles. The summed E-state index contributed by atoms with van der Waals surface area (Å²) in [5.74, 6) is -1.44. The summed E-state index contributed by atoms with van der Waals surface area (Å²) in [4.78, 5) is 28.1. The molecule has 1 saturated heterocycles. The van der Waals surface area contributed by atoms with E-state index < -0.39 is 33.3 Å². The van der Waals surface area contributed by atoms with Crippen molar-refractivity contribution in [3.63, 3.8) is 0 Å². The number of ether oxygens (including phenoxy) is 1. The standard InChI is InChI=1S/C16H17NO6S/c18-15-6-7-16(19)23-17-9-8-13(10-14(17)22-15)24(20,21)11-12-4-2-1-3-5-12/h1-7,13-14H,8-11H2/b7-6-. The van der Waals surface area contributed by atoms with E-state index in [4.69, 9.17) is 9.57 Å². The number of esters is 1. The number of fused-ring (bicyclic) bond motifs is 1. The predicted octanol–water partition coefficient (Wildman–Crippen LogP) is 0.963. The minimum atomic E-state index is -3.42. The van der Waals surface area contributed by atoms with Crippen LogP contribution in [0.15, 0.2) is 42.5 Å².